The highest BCUT2D eigenvalue weighted by Crippen LogP contribution is 2.41. The van der Waals surface area contributed by atoms with Crippen molar-refractivity contribution < 1.29 is 32.2 Å². The molecule has 2 N–H and O–H groups in total. The molecule has 0 unspecified atom stereocenters. The van der Waals surface area contributed by atoms with Gasteiger partial charge in [0.15, 0.2) is 23.1 Å². The van der Waals surface area contributed by atoms with Gasteiger partial charge in [-0.05, 0) is 52.8 Å². The number of sulfonamides is 1. The summed E-state index contributed by atoms with van der Waals surface area (Å²) >= 11 is 1.43. The maximum absolute atomic E-state index is 13.7. The Kier molecular flexibility index (Phi) is 10.2. The van der Waals surface area contributed by atoms with E-state index in [-0.39, 0.29) is 58.4 Å². The molecule has 5 rings (SSSR count). The third-order valence-electron chi connectivity index (χ3n) is 6.47. The van der Waals surface area contributed by atoms with Crippen LogP contribution in [0.4, 0.5) is 16.3 Å². The molecule has 0 fully saturated rings. The predicted molar refractivity (Wildman–Crippen MR) is 177 cm³/mol. The van der Waals surface area contributed by atoms with Gasteiger partial charge in [0.2, 0.25) is 11.6 Å². The van der Waals surface area contributed by atoms with Crippen molar-refractivity contribution in [2.24, 2.45) is 0 Å². The van der Waals surface area contributed by atoms with Crippen LogP contribution in [0, 0.1) is 0 Å². The molecule has 0 radical (unpaired) electrons. The van der Waals surface area contributed by atoms with Gasteiger partial charge in [-0.2, -0.15) is 16.3 Å². The molecule has 0 aliphatic carbocycles. The molecule has 0 bridgehead atoms. The Hall–Kier alpha value is -5.28. The number of ether oxygens (including phenoxy) is 4. The van der Waals surface area contributed by atoms with Gasteiger partial charge in [-0.3, -0.25) is 10.0 Å². The highest BCUT2D eigenvalue weighted by Gasteiger charge is 2.26. The number of carbonyl (C=O) groups excluding carboxylic acids is 1. The minimum atomic E-state index is -4.21. The van der Waals surface area contributed by atoms with Crippen LogP contribution < -0.4 is 24.2 Å². The molecule has 0 atom stereocenters. The Labute approximate surface area is 276 Å². The summed E-state index contributed by atoms with van der Waals surface area (Å²) in [5.41, 5.74) is 1.38. The van der Waals surface area contributed by atoms with E-state index in [1.807, 2.05) is 26.2 Å². The summed E-state index contributed by atoms with van der Waals surface area (Å²) in [6.45, 7) is 5.76. The van der Waals surface area contributed by atoms with Crippen molar-refractivity contribution in [2.45, 2.75) is 31.1 Å². The van der Waals surface area contributed by atoms with Gasteiger partial charge in [0.25, 0.3) is 15.9 Å². The summed E-state index contributed by atoms with van der Waals surface area (Å²) in [6, 6.07) is 16.7. The van der Waals surface area contributed by atoms with Crippen LogP contribution in [0.25, 0.3) is 11.6 Å². The van der Waals surface area contributed by atoms with Gasteiger partial charge in [0.1, 0.15) is 13.2 Å². The third kappa shape index (κ3) is 8.51. The highest BCUT2D eigenvalue weighted by molar-refractivity contribution is 7.92. The molecule has 15 heteroatoms. The molecule has 0 saturated heterocycles. The first-order valence-corrected chi connectivity index (χ1v) is 16.7. The van der Waals surface area contributed by atoms with Crippen molar-refractivity contribution in [3.8, 4) is 34.8 Å². The molecule has 244 valence electrons. The fourth-order valence-corrected chi connectivity index (χ4v) is 5.69. The zero-order chi connectivity index (χ0) is 33.4. The topological polar surface area (TPSA) is 164 Å². The number of thiophene rings is 1. The molecule has 0 aliphatic rings. The average Bonchev–Trinajstić information content (AvgIpc) is 3.57. The fourth-order valence-electron chi connectivity index (χ4n) is 4.10. The van der Waals surface area contributed by atoms with Crippen molar-refractivity contribution in [1.29, 1.82) is 0 Å². The van der Waals surface area contributed by atoms with Gasteiger partial charge in [0, 0.05) is 17.8 Å². The molecule has 3 heterocycles. The number of amides is 1. The number of nitrogens with one attached hydrogen (secondary N) is 2. The first-order valence-electron chi connectivity index (χ1n) is 14.3. The molecule has 2 aromatic carbocycles. The Morgan fingerprint density at radius 2 is 1.62 bits per heavy atom. The average molecular weight is 677 g/mol. The molecule has 0 spiro atoms. The summed E-state index contributed by atoms with van der Waals surface area (Å²) in [5.74, 6) is 0.0389. The number of nitrogens with zero attached hydrogens (tertiary/aromatic N) is 4. The monoisotopic (exact) mass is 676 g/mol. The van der Waals surface area contributed by atoms with Gasteiger partial charge in [-0.1, -0.05) is 45.0 Å². The molecule has 1 amide bonds. The number of anilines is 2. The van der Waals surface area contributed by atoms with Crippen LogP contribution in [-0.2, 0) is 20.2 Å². The van der Waals surface area contributed by atoms with Crippen LogP contribution >= 0.6 is 11.3 Å². The van der Waals surface area contributed by atoms with Crippen molar-refractivity contribution in [2.75, 3.05) is 30.4 Å². The number of hydrogen-bond donors (Lipinski definition) is 2. The Balaban J connectivity index is 1.52. The van der Waals surface area contributed by atoms with E-state index in [9.17, 15) is 13.2 Å². The van der Waals surface area contributed by atoms with Crippen LogP contribution in [0.5, 0.6) is 23.1 Å². The zero-order valence-electron chi connectivity index (χ0n) is 26.0. The summed E-state index contributed by atoms with van der Waals surface area (Å²) in [4.78, 5) is 29.5. The smallest absolute Gasteiger partial charge is 0.411 e. The number of rotatable bonds is 12. The van der Waals surface area contributed by atoms with Gasteiger partial charge in [-0.25, -0.2) is 28.2 Å². The van der Waals surface area contributed by atoms with Gasteiger partial charge >= 0.3 is 6.09 Å². The maximum Gasteiger partial charge on any atom is 0.411 e. The van der Waals surface area contributed by atoms with E-state index in [1.165, 1.54) is 43.0 Å². The normalized spacial score (nSPS) is 11.4. The number of hydrogen-bond acceptors (Lipinski definition) is 12. The molecule has 5 aromatic rings. The van der Waals surface area contributed by atoms with Crippen LogP contribution in [0.2, 0.25) is 0 Å². The van der Waals surface area contributed by atoms with E-state index >= 15 is 0 Å². The lowest BCUT2D eigenvalue weighted by molar-refractivity contribution is 0.135. The summed E-state index contributed by atoms with van der Waals surface area (Å²) in [5, 5.41) is 6.18. The third-order valence-corrected chi connectivity index (χ3v) is 8.50. The number of aromatic nitrogens is 4. The summed E-state index contributed by atoms with van der Waals surface area (Å²) in [6.07, 6.45) is 2.31. The number of para-hydroxylation sites is 2. The molecular formula is C32H32N6O7S2. The fraction of sp³-hybridized carbons (Fsp3) is 0.219. The van der Waals surface area contributed by atoms with E-state index in [0.717, 1.165) is 5.56 Å². The molecule has 0 saturated carbocycles. The lowest BCUT2D eigenvalue weighted by Crippen LogP contribution is -2.19. The molecular weight excluding hydrogens is 645 g/mol. The van der Waals surface area contributed by atoms with E-state index in [0.29, 0.717) is 11.4 Å². The maximum atomic E-state index is 13.7. The zero-order valence-corrected chi connectivity index (χ0v) is 27.6. The van der Waals surface area contributed by atoms with Crippen LogP contribution in [-0.4, -0.2) is 54.8 Å². The van der Waals surface area contributed by atoms with Crippen LogP contribution in [0.1, 0.15) is 26.3 Å². The molecule has 3 aromatic heterocycles. The lowest BCUT2D eigenvalue weighted by atomic mass is 9.87. The van der Waals surface area contributed by atoms with E-state index in [2.05, 4.69) is 30.0 Å². The summed E-state index contributed by atoms with van der Waals surface area (Å²) < 4.78 is 52.8. The van der Waals surface area contributed by atoms with Crippen molar-refractivity contribution >= 4 is 39.0 Å². The largest absolute Gasteiger partial charge is 0.493 e. The molecule has 47 heavy (non-hydrogen) atoms. The van der Waals surface area contributed by atoms with Crippen molar-refractivity contribution in [3.05, 3.63) is 89.4 Å². The second kappa shape index (κ2) is 14.4. The molecule has 13 nitrogen and oxygen atoms in total. The first kappa shape index (κ1) is 33.1. The van der Waals surface area contributed by atoms with Crippen LogP contribution in [0.3, 0.4) is 0 Å². The van der Waals surface area contributed by atoms with Gasteiger partial charge < -0.3 is 18.9 Å². The van der Waals surface area contributed by atoms with E-state index in [4.69, 9.17) is 18.9 Å². The van der Waals surface area contributed by atoms with Crippen LogP contribution in [0.15, 0.2) is 88.7 Å². The van der Waals surface area contributed by atoms with E-state index in [1.54, 1.807) is 53.9 Å². The Morgan fingerprint density at radius 1 is 0.894 bits per heavy atom. The molecule has 0 aliphatic heterocycles. The SMILES string of the molecule is COc1ccccc1Oc1c(NS(=O)(=O)c2ccc(C(C)(C)C)cc2)nc(-c2ncccn2)nc1OCCOC(=O)Nc1ccsc1. The number of benzene rings is 2. The second-order valence-corrected chi connectivity index (χ2v) is 13.3. The van der Waals surface area contributed by atoms with E-state index < -0.39 is 16.1 Å². The highest BCUT2D eigenvalue weighted by atomic mass is 32.2. The minimum Gasteiger partial charge on any atom is -0.493 e. The Bertz CT molecular complexity index is 1920. The minimum absolute atomic E-state index is 0.00244. The second-order valence-electron chi connectivity index (χ2n) is 10.9. The quantitative estimate of drug-likeness (QED) is 0.138. The first-order chi connectivity index (χ1) is 22.5. The van der Waals surface area contributed by atoms with Gasteiger partial charge in [-0.15, -0.1) is 0 Å². The number of carbonyl (C=O) groups is 1. The summed E-state index contributed by atoms with van der Waals surface area (Å²) in [7, 11) is -2.74. The van der Waals surface area contributed by atoms with Crippen molar-refractivity contribution in [3.63, 3.8) is 0 Å². The van der Waals surface area contributed by atoms with Crippen molar-refractivity contribution in [1.82, 2.24) is 19.9 Å². The lowest BCUT2D eigenvalue weighted by Gasteiger charge is -2.20. The number of methoxy groups -OCH3 is 1. The van der Waals surface area contributed by atoms with Gasteiger partial charge in [0.05, 0.1) is 17.7 Å². The standard InChI is InChI=1S/C32H32N6O7S2/c1-32(2,3)21-10-12-23(13-11-21)47(40,41)38-27-26(45-25-9-6-5-8-24(25)42-4)30(37-29(36-27)28-33-15-7-16-34-28)43-17-18-44-31(39)35-22-14-19-46-20-22/h5-16,19-20H,17-18H2,1-4H3,(H,35,39)(H,36,37,38). The predicted octanol–water partition coefficient (Wildman–Crippen LogP) is 6.52. The Morgan fingerprint density at radius 3 is 2.28 bits per heavy atom.